The molecule has 5 nitrogen and oxygen atoms in total. The fourth-order valence-corrected chi connectivity index (χ4v) is 2.62. The van der Waals surface area contributed by atoms with E-state index in [1.807, 2.05) is 55.5 Å². The van der Waals surface area contributed by atoms with Crippen LogP contribution in [0.15, 0.2) is 66.7 Å². The fourth-order valence-electron chi connectivity index (χ4n) is 2.62. The van der Waals surface area contributed by atoms with Crippen LogP contribution in [0.25, 0.3) is 0 Å². The predicted octanol–water partition coefficient (Wildman–Crippen LogP) is 4.08. The number of aryl methyl sites for hydroxylation is 2. The van der Waals surface area contributed by atoms with E-state index >= 15 is 0 Å². The third-order valence-corrected chi connectivity index (χ3v) is 3.89. The van der Waals surface area contributed by atoms with Crippen LogP contribution in [0, 0.1) is 6.92 Å². The minimum Gasteiger partial charge on any atom is -0.354 e. The van der Waals surface area contributed by atoms with E-state index in [0.29, 0.717) is 11.6 Å². The molecule has 0 saturated carbocycles. The van der Waals surface area contributed by atoms with Crippen LogP contribution in [-0.2, 0) is 6.42 Å². The van der Waals surface area contributed by atoms with Crippen molar-refractivity contribution in [1.82, 2.24) is 9.97 Å². The maximum atomic E-state index is 12.4. The highest BCUT2D eigenvalue weighted by Gasteiger charge is 2.10. The monoisotopic (exact) mass is 346 g/mol. The molecule has 0 unspecified atom stereocenters. The molecule has 0 aliphatic carbocycles. The summed E-state index contributed by atoms with van der Waals surface area (Å²) in [5.41, 5.74) is 3.16. The summed E-state index contributed by atoms with van der Waals surface area (Å²) in [6, 6.07) is 21.4. The van der Waals surface area contributed by atoms with Crippen LogP contribution in [0.2, 0.25) is 0 Å². The number of carbonyl (C=O) groups is 1. The first-order valence-electron chi connectivity index (χ1n) is 8.70. The molecule has 3 rings (SSSR count). The van der Waals surface area contributed by atoms with Gasteiger partial charge in [0.25, 0.3) is 5.91 Å². The zero-order valence-electron chi connectivity index (χ0n) is 14.8. The van der Waals surface area contributed by atoms with Crippen molar-refractivity contribution in [1.29, 1.82) is 0 Å². The number of nitrogens with zero attached hydrogens (tertiary/aromatic N) is 2. The summed E-state index contributed by atoms with van der Waals surface area (Å²) in [6.07, 6.45) is 1.95. The van der Waals surface area contributed by atoms with E-state index in [9.17, 15) is 4.79 Å². The molecule has 26 heavy (non-hydrogen) atoms. The Kier molecular flexibility index (Phi) is 5.93. The van der Waals surface area contributed by atoms with Crippen LogP contribution in [0.4, 0.5) is 11.6 Å². The highest BCUT2D eigenvalue weighted by atomic mass is 16.1. The quantitative estimate of drug-likeness (QED) is 0.633. The SMILES string of the molecule is Cc1cc(C(=O)Nc2ccccc2)nc(NCCCc2ccccc2)n1. The first-order valence-corrected chi connectivity index (χ1v) is 8.70. The van der Waals surface area contributed by atoms with E-state index < -0.39 is 0 Å². The zero-order chi connectivity index (χ0) is 18.2. The Labute approximate surface area is 153 Å². The van der Waals surface area contributed by atoms with Crippen molar-refractivity contribution in [3.8, 4) is 0 Å². The molecule has 0 aliphatic heterocycles. The number of para-hydroxylation sites is 1. The Morgan fingerprint density at radius 3 is 2.38 bits per heavy atom. The zero-order valence-corrected chi connectivity index (χ0v) is 14.8. The molecule has 0 saturated heterocycles. The Morgan fingerprint density at radius 1 is 0.962 bits per heavy atom. The summed E-state index contributed by atoms with van der Waals surface area (Å²) in [4.78, 5) is 21.1. The van der Waals surface area contributed by atoms with Gasteiger partial charge in [-0.15, -0.1) is 0 Å². The van der Waals surface area contributed by atoms with Gasteiger partial charge in [0.2, 0.25) is 5.95 Å². The van der Waals surface area contributed by atoms with Gasteiger partial charge < -0.3 is 10.6 Å². The lowest BCUT2D eigenvalue weighted by Gasteiger charge is -2.09. The van der Waals surface area contributed by atoms with E-state index in [2.05, 4.69) is 32.7 Å². The van der Waals surface area contributed by atoms with Crippen molar-refractivity contribution in [3.63, 3.8) is 0 Å². The number of carbonyl (C=O) groups excluding carboxylic acids is 1. The Hall–Kier alpha value is -3.21. The minimum absolute atomic E-state index is 0.242. The summed E-state index contributed by atoms with van der Waals surface area (Å²) in [7, 11) is 0. The summed E-state index contributed by atoms with van der Waals surface area (Å²) in [5.74, 6) is 0.241. The number of anilines is 2. The van der Waals surface area contributed by atoms with Gasteiger partial charge in [-0.3, -0.25) is 4.79 Å². The average molecular weight is 346 g/mol. The van der Waals surface area contributed by atoms with Crippen molar-refractivity contribution in [2.24, 2.45) is 0 Å². The van der Waals surface area contributed by atoms with Crippen LogP contribution in [-0.4, -0.2) is 22.4 Å². The molecule has 0 radical (unpaired) electrons. The van der Waals surface area contributed by atoms with Gasteiger partial charge >= 0.3 is 0 Å². The van der Waals surface area contributed by atoms with Crippen molar-refractivity contribution in [2.45, 2.75) is 19.8 Å². The third kappa shape index (κ3) is 5.14. The molecule has 0 atom stereocenters. The van der Waals surface area contributed by atoms with Gasteiger partial charge in [0, 0.05) is 17.9 Å². The maximum Gasteiger partial charge on any atom is 0.274 e. The number of hydrogen-bond donors (Lipinski definition) is 2. The van der Waals surface area contributed by atoms with Gasteiger partial charge in [-0.2, -0.15) is 0 Å². The molecule has 3 aromatic rings. The molecule has 132 valence electrons. The summed E-state index contributed by atoms with van der Waals surface area (Å²) >= 11 is 0. The van der Waals surface area contributed by atoms with Crippen LogP contribution in [0.1, 0.15) is 28.2 Å². The maximum absolute atomic E-state index is 12.4. The first kappa shape index (κ1) is 17.6. The smallest absolute Gasteiger partial charge is 0.274 e. The van der Waals surface area contributed by atoms with Gasteiger partial charge in [-0.05, 0) is 43.5 Å². The normalized spacial score (nSPS) is 10.3. The number of benzene rings is 2. The van der Waals surface area contributed by atoms with E-state index in [-0.39, 0.29) is 5.91 Å². The molecule has 1 amide bonds. The van der Waals surface area contributed by atoms with Gasteiger partial charge in [0.05, 0.1) is 0 Å². The average Bonchev–Trinajstić information content (AvgIpc) is 2.66. The highest BCUT2D eigenvalue weighted by Crippen LogP contribution is 2.10. The van der Waals surface area contributed by atoms with Crippen molar-refractivity contribution in [2.75, 3.05) is 17.2 Å². The molecular weight excluding hydrogens is 324 g/mol. The lowest BCUT2D eigenvalue weighted by molar-refractivity contribution is 0.102. The Bertz CT molecular complexity index is 850. The van der Waals surface area contributed by atoms with E-state index in [1.54, 1.807) is 6.07 Å². The van der Waals surface area contributed by atoms with E-state index in [4.69, 9.17) is 0 Å². The molecule has 2 aromatic carbocycles. The highest BCUT2D eigenvalue weighted by molar-refractivity contribution is 6.03. The standard InChI is InChI=1S/C21H22N4O/c1-16-15-19(20(26)24-18-12-6-3-7-13-18)25-21(23-16)22-14-8-11-17-9-4-2-5-10-17/h2-7,9-10,12-13,15H,8,11,14H2,1H3,(H,24,26)(H,22,23,25). The number of aromatic nitrogens is 2. The molecular formula is C21H22N4O. The van der Waals surface area contributed by atoms with Crippen molar-refractivity contribution in [3.05, 3.63) is 83.7 Å². The van der Waals surface area contributed by atoms with Gasteiger partial charge in [0.1, 0.15) is 5.69 Å². The lowest BCUT2D eigenvalue weighted by Crippen LogP contribution is -2.16. The number of rotatable bonds is 7. The Morgan fingerprint density at radius 2 is 1.65 bits per heavy atom. The van der Waals surface area contributed by atoms with Crippen molar-refractivity contribution >= 4 is 17.5 Å². The molecule has 1 heterocycles. The molecule has 0 aliphatic rings. The van der Waals surface area contributed by atoms with Crippen LogP contribution >= 0.6 is 0 Å². The topological polar surface area (TPSA) is 66.9 Å². The van der Waals surface area contributed by atoms with Gasteiger partial charge in [0.15, 0.2) is 0 Å². The summed E-state index contributed by atoms with van der Waals surface area (Å²) in [6.45, 7) is 2.61. The Balaban J connectivity index is 1.57. The fraction of sp³-hybridized carbons (Fsp3) is 0.190. The van der Waals surface area contributed by atoms with E-state index in [0.717, 1.165) is 30.8 Å². The second kappa shape index (κ2) is 8.76. The number of hydrogen-bond acceptors (Lipinski definition) is 4. The summed E-state index contributed by atoms with van der Waals surface area (Å²) in [5, 5.41) is 6.06. The van der Waals surface area contributed by atoms with Gasteiger partial charge in [-0.25, -0.2) is 9.97 Å². The summed E-state index contributed by atoms with van der Waals surface area (Å²) < 4.78 is 0. The molecule has 0 bridgehead atoms. The number of nitrogens with one attached hydrogen (secondary N) is 2. The number of amides is 1. The molecule has 1 aromatic heterocycles. The second-order valence-corrected chi connectivity index (χ2v) is 6.05. The second-order valence-electron chi connectivity index (χ2n) is 6.05. The molecule has 5 heteroatoms. The lowest BCUT2D eigenvalue weighted by atomic mass is 10.1. The van der Waals surface area contributed by atoms with E-state index in [1.165, 1.54) is 5.56 Å². The van der Waals surface area contributed by atoms with Crippen LogP contribution in [0.5, 0.6) is 0 Å². The molecule has 2 N–H and O–H groups in total. The third-order valence-electron chi connectivity index (χ3n) is 3.89. The van der Waals surface area contributed by atoms with Gasteiger partial charge in [-0.1, -0.05) is 48.5 Å². The minimum atomic E-state index is -0.242. The van der Waals surface area contributed by atoms with Crippen LogP contribution < -0.4 is 10.6 Å². The van der Waals surface area contributed by atoms with Crippen molar-refractivity contribution < 1.29 is 4.79 Å². The molecule has 0 spiro atoms. The largest absolute Gasteiger partial charge is 0.354 e. The first-order chi connectivity index (χ1) is 12.7. The predicted molar refractivity (Wildman–Crippen MR) is 104 cm³/mol. The van der Waals surface area contributed by atoms with Crippen LogP contribution in [0.3, 0.4) is 0 Å². The molecule has 0 fully saturated rings.